The number of terminal acetylenes is 1. The van der Waals surface area contributed by atoms with E-state index in [2.05, 4.69) is 16.1 Å². The predicted molar refractivity (Wildman–Crippen MR) is 83.3 cm³/mol. The average Bonchev–Trinajstić information content (AvgIpc) is 2.99. The molecule has 1 aromatic heterocycles. The average molecular weight is 276 g/mol. The van der Waals surface area contributed by atoms with E-state index in [-0.39, 0.29) is 0 Å². The normalized spacial score (nSPS) is 10.2. The van der Waals surface area contributed by atoms with E-state index in [1.54, 1.807) is 11.3 Å². The molecule has 3 rings (SSSR count). The maximum Gasteiger partial charge on any atom is 0.148 e. The van der Waals surface area contributed by atoms with E-state index < -0.39 is 0 Å². The lowest BCUT2D eigenvalue weighted by Crippen LogP contribution is -1.82. The first-order valence-electron chi connectivity index (χ1n) is 6.28. The zero-order valence-electron chi connectivity index (χ0n) is 10.8. The molecule has 0 N–H and O–H groups in total. The van der Waals surface area contributed by atoms with Gasteiger partial charge in [0.15, 0.2) is 0 Å². The van der Waals surface area contributed by atoms with Crippen LogP contribution in [0.5, 0.6) is 0 Å². The van der Waals surface area contributed by atoms with Gasteiger partial charge in [-0.25, -0.2) is 0 Å². The van der Waals surface area contributed by atoms with Gasteiger partial charge < -0.3 is 0 Å². The minimum Gasteiger partial charge on any atom is -0.138 e. The molecule has 0 saturated carbocycles. The zero-order valence-corrected chi connectivity index (χ0v) is 11.6. The van der Waals surface area contributed by atoms with Gasteiger partial charge in [0.2, 0.25) is 0 Å². The van der Waals surface area contributed by atoms with Gasteiger partial charge in [0, 0.05) is 17.5 Å². The highest BCUT2D eigenvalue weighted by molar-refractivity contribution is 7.17. The van der Waals surface area contributed by atoms with Gasteiger partial charge in [0.05, 0.1) is 0 Å². The van der Waals surface area contributed by atoms with E-state index in [0.717, 1.165) is 26.7 Å². The number of benzene rings is 2. The van der Waals surface area contributed by atoms with Crippen LogP contribution >= 0.6 is 11.3 Å². The molecule has 0 aliphatic carbocycles. The third-order valence-corrected chi connectivity index (χ3v) is 3.97. The summed E-state index contributed by atoms with van der Waals surface area (Å²) in [4.78, 5) is 0. The second-order valence-corrected chi connectivity index (χ2v) is 5.33. The highest BCUT2D eigenvalue weighted by Gasteiger charge is 2.08. The smallest absolute Gasteiger partial charge is 0.138 e. The summed E-state index contributed by atoms with van der Waals surface area (Å²) < 4.78 is 0. The van der Waals surface area contributed by atoms with Crippen LogP contribution in [0.15, 0.2) is 54.6 Å². The molecule has 96 valence electrons. The van der Waals surface area contributed by atoms with E-state index in [9.17, 15) is 0 Å². The molecule has 0 unspecified atom stereocenters. The van der Waals surface area contributed by atoms with Crippen molar-refractivity contribution in [3.8, 4) is 33.5 Å². The van der Waals surface area contributed by atoms with Crippen molar-refractivity contribution in [2.75, 3.05) is 0 Å². The fourth-order valence-corrected chi connectivity index (χ4v) is 2.77. The molecule has 2 aromatic carbocycles. The Kier molecular flexibility index (Phi) is 3.58. The van der Waals surface area contributed by atoms with Crippen molar-refractivity contribution in [1.82, 2.24) is 10.2 Å². The quantitative estimate of drug-likeness (QED) is 0.674. The van der Waals surface area contributed by atoms with Crippen molar-refractivity contribution in [1.29, 1.82) is 0 Å². The largest absolute Gasteiger partial charge is 0.148 e. The molecular weight excluding hydrogens is 264 g/mol. The Labute approximate surface area is 122 Å². The first kappa shape index (κ1) is 12.6. The molecule has 0 saturated heterocycles. The van der Waals surface area contributed by atoms with Crippen LogP contribution < -0.4 is 0 Å². The summed E-state index contributed by atoms with van der Waals surface area (Å²) in [6, 6.07) is 18.3. The minimum atomic E-state index is 0.658. The third-order valence-electron chi connectivity index (χ3n) is 2.95. The Hall–Kier alpha value is -2.44. The second-order valence-electron chi connectivity index (χ2n) is 4.36. The Bertz CT molecular complexity index is 737. The summed E-state index contributed by atoms with van der Waals surface area (Å²) in [5, 5.41) is 10.4. The van der Waals surface area contributed by atoms with Gasteiger partial charge in [0.1, 0.15) is 10.0 Å². The van der Waals surface area contributed by atoms with Crippen LogP contribution in [0, 0.1) is 12.3 Å². The molecule has 0 bridgehead atoms. The zero-order chi connectivity index (χ0) is 13.8. The topological polar surface area (TPSA) is 25.8 Å². The van der Waals surface area contributed by atoms with E-state index in [1.165, 1.54) is 0 Å². The van der Waals surface area contributed by atoms with Crippen molar-refractivity contribution >= 4 is 11.3 Å². The first-order valence-corrected chi connectivity index (χ1v) is 7.10. The van der Waals surface area contributed by atoms with Crippen molar-refractivity contribution in [2.24, 2.45) is 0 Å². The third kappa shape index (κ3) is 2.61. The summed E-state index contributed by atoms with van der Waals surface area (Å²) in [5.74, 6) is 2.64. The molecule has 0 radical (unpaired) electrons. The van der Waals surface area contributed by atoms with E-state index >= 15 is 0 Å². The van der Waals surface area contributed by atoms with Crippen molar-refractivity contribution in [3.05, 3.63) is 60.2 Å². The Morgan fingerprint density at radius 3 is 2.05 bits per heavy atom. The fraction of sp³-hybridized carbons (Fsp3) is 0.0588. The molecule has 0 aliphatic heterocycles. The van der Waals surface area contributed by atoms with Crippen molar-refractivity contribution < 1.29 is 0 Å². The predicted octanol–water partition coefficient (Wildman–Crippen LogP) is 4.05. The van der Waals surface area contributed by atoms with Gasteiger partial charge in [0.25, 0.3) is 0 Å². The summed E-state index contributed by atoms with van der Waals surface area (Å²) in [5.41, 5.74) is 3.31. The highest BCUT2D eigenvalue weighted by Crippen LogP contribution is 2.29. The van der Waals surface area contributed by atoms with Crippen LogP contribution in [0.3, 0.4) is 0 Å². The SMILES string of the molecule is C#CCc1ccc(-c2nnc(-c3ccccc3)s2)cc1. The lowest BCUT2D eigenvalue weighted by molar-refractivity contribution is 1.10. The number of aromatic nitrogens is 2. The summed E-state index contributed by atoms with van der Waals surface area (Å²) in [6.07, 6.45) is 5.97. The molecule has 0 atom stereocenters. The Morgan fingerprint density at radius 2 is 1.45 bits per heavy atom. The van der Waals surface area contributed by atoms with Crippen molar-refractivity contribution in [2.45, 2.75) is 6.42 Å². The Balaban J connectivity index is 1.89. The van der Waals surface area contributed by atoms with Crippen LogP contribution in [0.4, 0.5) is 0 Å². The van der Waals surface area contributed by atoms with E-state index in [1.807, 2.05) is 54.6 Å². The van der Waals surface area contributed by atoms with Crippen molar-refractivity contribution in [3.63, 3.8) is 0 Å². The van der Waals surface area contributed by atoms with Gasteiger partial charge in [-0.15, -0.1) is 22.5 Å². The highest BCUT2D eigenvalue weighted by atomic mass is 32.1. The number of rotatable bonds is 3. The molecule has 0 aliphatic rings. The van der Waals surface area contributed by atoms with Crippen LogP contribution in [0.2, 0.25) is 0 Å². The van der Waals surface area contributed by atoms with Gasteiger partial charge in [-0.1, -0.05) is 65.9 Å². The van der Waals surface area contributed by atoms with Gasteiger partial charge in [-0.05, 0) is 5.56 Å². The maximum absolute atomic E-state index is 5.31. The minimum absolute atomic E-state index is 0.658. The molecule has 3 aromatic rings. The second kappa shape index (κ2) is 5.68. The van der Waals surface area contributed by atoms with E-state index in [4.69, 9.17) is 6.42 Å². The molecule has 0 amide bonds. The first-order chi connectivity index (χ1) is 9.86. The van der Waals surface area contributed by atoms with Crippen LogP contribution in [0.1, 0.15) is 5.56 Å². The number of nitrogens with zero attached hydrogens (tertiary/aromatic N) is 2. The van der Waals surface area contributed by atoms with Crippen LogP contribution in [-0.2, 0) is 6.42 Å². The van der Waals surface area contributed by atoms with E-state index in [0.29, 0.717) is 6.42 Å². The molecule has 3 heteroatoms. The molecular formula is C17H12N2S. The van der Waals surface area contributed by atoms with Gasteiger partial charge in [-0.2, -0.15) is 0 Å². The van der Waals surface area contributed by atoms with Gasteiger partial charge in [-0.3, -0.25) is 0 Å². The summed E-state index contributed by atoms with van der Waals surface area (Å²) >= 11 is 1.60. The fourth-order valence-electron chi connectivity index (χ4n) is 1.92. The summed E-state index contributed by atoms with van der Waals surface area (Å²) in [7, 11) is 0. The van der Waals surface area contributed by atoms with Gasteiger partial charge >= 0.3 is 0 Å². The molecule has 20 heavy (non-hydrogen) atoms. The standard InChI is InChI=1S/C17H12N2S/c1-2-6-13-9-11-15(12-10-13)17-19-18-16(20-17)14-7-4-3-5-8-14/h1,3-5,7-12H,6H2. The monoisotopic (exact) mass is 276 g/mol. The molecule has 0 spiro atoms. The molecule has 0 fully saturated rings. The molecule has 1 heterocycles. The van der Waals surface area contributed by atoms with Crippen LogP contribution in [0.25, 0.3) is 21.1 Å². The lowest BCUT2D eigenvalue weighted by atomic mass is 10.1. The number of hydrogen-bond donors (Lipinski definition) is 0. The van der Waals surface area contributed by atoms with Crippen LogP contribution in [-0.4, -0.2) is 10.2 Å². The maximum atomic E-state index is 5.31. The number of hydrogen-bond acceptors (Lipinski definition) is 3. The lowest BCUT2D eigenvalue weighted by Gasteiger charge is -1.97. The Morgan fingerprint density at radius 1 is 0.850 bits per heavy atom. The summed E-state index contributed by atoms with van der Waals surface area (Å²) in [6.45, 7) is 0. The molecule has 2 nitrogen and oxygen atoms in total.